The number of hydrogen-bond acceptors (Lipinski definition) is 5. The highest BCUT2D eigenvalue weighted by molar-refractivity contribution is 5.91. The van der Waals surface area contributed by atoms with Crippen LogP contribution in [0, 0.1) is 6.92 Å². The lowest BCUT2D eigenvalue weighted by Gasteiger charge is -2.09. The van der Waals surface area contributed by atoms with Gasteiger partial charge in [-0.3, -0.25) is 9.48 Å². The van der Waals surface area contributed by atoms with Gasteiger partial charge in [-0.15, -0.1) is 0 Å². The molecule has 0 spiro atoms. The van der Waals surface area contributed by atoms with Crippen LogP contribution in [0.1, 0.15) is 29.9 Å². The van der Waals surface area contributed by atoms with Crippen molar-refractivity contribution in [3.8, 4) is 5.75 Å². The summed E-state index contributed by atoms with van der Waals surface area (Å²) >= 11 is 0. The van der Waals surface area contributed by atoms with E-state index >= 15 is 0 Å². The van der Waals surface area contributed by atoms with Crippen molar-refractivity contribution in [1.82, 2.24) is 9.78 Å². The van der Waals surface area contributed by atoms with Gasteiger partial charge in [-0.2, -0.15) is 5.10 Å². The molecular formula is C17H21N3O4. The van der Waals surface area contributed by atoms with Gasteiger partial charge in [0.05, 0.1) is 17.4 Å². The second-order valence-electron chi connectivity index (χ2n) is 5.61. The van der Waals surface area contributed by atoms with Crippen LogP contribution in [0.15, 0.2) is 30.3 Å². The molecule has 2 aromatic rings. The van der Waals surface area contributed by atoms with Gasteiger partial charge in [0.25, 0.3) is 5.91 Å². The Hall–Kier alpha value is -2.83. The highest BCUT2D eigenvalue weighted by Crippen LogP contribution is 2.14. The van der Waals surface area contributed by atoms with Gasteiger partial charge in [-0.25, -0.2) is 4.79 Å². The van der Waals surface area contributed by atoms with E-state index in [4.69, 9.17) is 9.47 Å². The van der Waals surface area contributed by atoms with Crippen LogP contribution in [0.4, 0.5) is 5.82 Å². The van der Waals surface area contributed by atoms with Gasteiger partial charge >= 0.3 is 5.97 Å². The summed E-state index contributed by atoms with van der Waals surface area (Å²) in [6.07, 6.45) is -0.173. The first-order chi connectivity index (χ1) is 11.3. The molecule has 2 rings (SSSR count). The Labute approximate surface area is 140 Å². The summed E-state index contributed by atoms with van der Waals surface area (Å²) in [4.78, 5) is 23.6. The molecule has 1 amide bonds. The van der Waals surface area contributed by atoms with Crippen LogP contribution in [-0.2, 0) is 16.6 Å². The number of benzene rings is 1. The van der Waals surface area contributed by atoms with Crippen molar-refractivity contribution in [2.75, 3.05) is 11.9 Å². The van der Waals surface area contributed by atoms with Crippen molar-refractivity contribution in [3.63, 3.8) is 0 Å². The van der Waals surface area contributed by atoms with Gasteiger partial charge in [0, 0.05) is 13.1 Å². The number of ether oxygens (including phenoxy) is 2. The third-order valence-electron chi connectivity index (χ3n) is 3.07. The summed E-state index contributed by atoms with van der Waals surface area (Å²) < 4.78 is 12.1. The number of rotatable bonds is 6. The molecule has 1 heterocycles. The van der Waals surface area contributed by atoms with Crippen LogP contribution in [-0.4, -0.2) is 34.4 Å². The number of nitrogens with one attached hydrogen (secondary N) is 1. The molecule has 0 radical (unpaired) electrons. The summed E-state index contributed by atoms with van der Waals surface area (Å²) in [6.45, 7) is 5.29. The van der Waals surface area contributed by atoms with E-state index in [1.165, 1.54) is 0 Å². The average Bonchev–Trinajstić information content (AvgIpc) is 2.82. The van der Waals surface area contributed by atoms with E-state index in [2.05, 4.69) is 10.4 Å². The van der Waals surface area contributed by atoms with Gasteiger partial charge in [0.15, 0.2) is 6.61 Å². The van der Waals surface area contributed by atoms with Crippen molar-refractivity contribution in [1.29, 1.82) is 0 Å². The molecule has 1 N–H and O–H groups in total. The topological polar surface area (TPSA) is 82.5 Å². The largest absolute Gasteiger partial charge is 0.484 e. The maximum Gasteiger partial charge on any atom is 0.338 e. The maximum atomic E-state index is 11.9. The second-order valence-corrected chi connectivity index (χ2v) is 5.61. The zero-order valence-corrected chi connectivity index (χ0v) is 14.2. The van der Waals surface area contributed by atoms with Crippen LogP contribution in [0.25, 0.3) is 0 Å². The number of esters is 1. The Morgan fingerprint density at radius 1 is 1.25 bits per heavy atom. The molecule has 24 heavy (non-hydrogen) atoms. The molecule has 0 fully saturated rings. The van der Waals surface area contributed by atoms with Gasteiger partial charge in [-0.05, 0) is 45.0 Å². The normalized spacial score (nSPS) is 10.5. The number of carbonyl (C=O) groups excluding carboxylic acids is 2. The summed E-state index contributed by atoms with van der Waals surface area (Å²) in [5, 5.41) is 6.86. The summed E-state index contributed by atoms with van der Waals surface area (Å²) in [6, 6.07) is 8.22. The van der Waals surface area contributed by atoms with E-state index in [1.54, 1.807) is 55.9 Å². The van der Waals surface area contributed by atoms with Gasteiger partial charge < -0.3 is 14.8 Å². The minimum Gasteiger partial charge on any atom is -0.484 e. The number of anilines is 1. The lowest BCUT2D eigenvalue weighted by atomic mass is 10.2. The number of aryl methyl sites for hydroxylation is 2. The standard InChI is InChI=1S/C17H21N3O4/c1-11(2)24-17(22)13-5-7-14(8-6-13)23-10-16(21)18-15-9-12(3)19-20(15)4/h5-9,11H,10H2,1-4H3,(H,18,21). The Bertz CT molecular complexity index is 720. The molecule has 7 heteroatoms. The van der Waals surface area contributed by atoms with Crippen molar-refractivity contribution >= 4 is 17.7 Å². The van der Waals surface area contributed by atoms with E-state index in [9.17, 15) is 9.59 Å². The number of carbonyl (C=O) groups is 2. The lowest BCUT2D eigenvalue weighted by Crippen LogP contribution is -2.21. The number of nitrogens with zero attached hydrogens (tertiary/aromatic N) is 2. The first kappa shape index (κ1) is 17.5. The smallest absolute Gasteiger partial charge is 0.338 e. The first-order valence-corrected chi connectivity index (χ1v) is 7.59. The van der Waals surface area contributed by atoms with Crippen LogP contribution >= 0.6 is 0 Å². The molecule has 0 saturated heterocycles. The van der Waals surface area contributed by atoms with E-state index < -0.39 is 0 Å². The molecule has 0 aliphatic heterocycles. The third-order valence-corrected chi connectivity index (χ3v) is 3.07. The summed E-state index contributed by atoms with van der Waals surface area (Å²) in [5.74, 6) is 0.419. The zero-order chi connectivity index (χ0) is 17.7. The highest BCUT2D eigenvalue weighted by Gasteiger charge is 2.10. The molecule has 0 bridgehead atoms. The molecule has 0 aliphatic rings. The van der Waals surface area contributed by atoms with Crippen molar-refractivity contribution in [3.05, 3.63) is 41.6 Å². The Balaban J connectivity index is 1.86. The first-order valence-electron chi connectivity index (χ1n) is 7.59. The molecule has 0 aliphatic carbocycles. The van der Waals surface area contributed by atoms with E-state index in [0.29, 0.717) is 17.1 Å². The highest BCUT2D eigenvalue weighted by atomic mass is 16.5. The average molecular weight is 331 g/mol. The predicted octanol–water partition coefficient (Wildman–Crippen LogP) is 2.31. The zero-order valence-electron chi connectivity index (χ0n) is 14.2. The molecule has 0 unspecified atom stereocenters. The quantitative estimate of drug-likeness (QED) is 0.821. The van der Waals surface area contributed by atoms with Crippen molar-refractivity contribution < 1.29 is 19.1 Å². The Morgan fingerprint density at radius 3 is 2.46 bits per heavy atom. The molecular weight excluding hydrogens is 310 g/mol. The molecule has 128 valence electrons. The maximum absolute atomic E-state index is 11.9. The predicted molar refractivity (Wildman–Crippen MR) is 89.1 cm³/mol. The minimum atomic E-state index is -0.388. The van der Waals surface area contributed by atoms with Gasteiger partial charge in [-0.1, -0.05) is 0 Å². The molecule has 7 nitrogen and oxygen atoms in total. The lowest BCUT2D eigenvalue weighted by molar-refractivity contribution is -0.118. The second kappa shape index (κ2) is 7.63. The fourth-order valence-corrected chi connectivity index (χ4v) is 2.02. The molecule has 0 atom stereocenters. The van der Waals surface area contributed by atoms with Crippen LogP contribution in [0.5, 0.6) is 5.75 Å². The fraction of sp³-hybridized carbons (Fsp3) is 0.353. The van der Waals surface area contributed by atoms with E-state index in [1.807, 2.05) is 6.92 Å². The molecule has 1 aromatic heterocycles. The summed E-state index contributed by atoms with van der Waals surface area (Å²) in [5.41, 5.74) is 1.25. The monoisotopic (exact) mass is 331 g/mol. The van der Waals surface area contributed by atoms with Crippen LogP contribution < -0.4 is 10.1 Å². The fourth-order valence-electron chi connectivity index (χ4n) is 2.02. The van der Waals surface area contributed by atoms with Gasteiger partial charge in [0.1, 0.15) is 11.6 Å². The number of hydrogen-bond donors (Lipinski definition) is 1. The number of aromatic nitrogens is 2. The van der Waals surface area contributed by atoms with Crippen LogP contribution in [0.3, 0.4) is 0 Å². The van der Waals surface area contributed by atoms with Gasteiger partial charge in [0.2, 0.25) is 0 Å². The SMILES string of the molecule is Cc1cc(NC(=O)COc2ccc(C(=O)OC(C)C)cc2)n(C)n1. The number of amides is 1. The third kappa shape index (κ3) is 4.84. The van der Waals surface area contributed by atoms with E-state index in [-0.39, 0.29) is 24.6 Å². The van der Waals surface area contributed by atoms with Crippen LogP contribution in [0.2, 0.25) is 0 Å². The molecule has 0 saturated carbocycles. The Kier molecular flexibility index (Phi) is 5.57. The Morgan fingerprint density at radius 2 is 1.92 bits per heavy atom. The van der Waals surface area contributed by atoms with E-state index in [0.717, 1.165) is 5.69 Å². The van der Waals surface area contributed by atoms with Crippen molar-refractivity contribution in [2.45, 2.75) is 26.9 Å². The van der Waals surface area contributed by atoms with Crippen molar-refractivity contribution in [2.24, 2.45) is 7.05 Å². The minimum absolute atomic E-state index is 0.139. The summed E-state index contributed by atoms with van der Waals surface area (Å²) in [7, 11) is 1.75. The molecule has 1 aromatic carbocycles.